The maximum atomic E-state index is 15.7. The number of likely N-dealkylation sites (N-methyl/N-ethyl adjacent to an activating group) is 2. The lowest BCUT2D eigenvalue weighted by Crippen LogP contribution is -2.78. The Balaban J connectivity index is 1.25. The Morgan fingerprint density at radius 2 is 0.859 bits per heavy atom. The zero-order valence-electron chi connectivity index (χ0n) is 33.7. The quantitative estimate of drug-likeness (QED) is 0.257. The fourth-order valence-electron chi connectivity index (χ4n) is 12.1. The van der Waals surface area contributed by atoms with Gasteiger partial charge in [-0.1, -0.05) is 94.4 Å². The lowest BCUT2D eigenvalue weighted by atomic mass is 9.54. The molecule has 4 amide bonds. The molecule has 4 aromatic carbocycles. The molecule has 0 radical (unpaired) electrons. The highest BCUT2D eigenvalue weighted by Gasteiger charge is 2.90. The predicted molar refractivity (Wildman–Crippen MR) is 240 cm³/mol. The smallest absolute Gasteiger partial charge is 0.266 e. The average Bonchev–Trinajstić information content (AvgIpc) is 3.99. The molecule has 8 fully saturated rings. The van der Waals surface area contributed by atoms with Gasteiger partial charge in [0.1, 0.15) is 12.3 Å². The summed E-state index contributed by atoms with van der Waals surface area (Å²) >= 11 is 0. The Labute approximate surface area is 383 Å². The molecule has 0 unspecified atom stereocenters. The first-order valence-electron chi connectivity index (χ1n) is 20.1. The van der Waals surface area contributed by atoms with Gasteiger partial charge in [0.2, 0.25) is 9.74 Å². The summed E-state index contributed by atoms with van der Waals surface area (Å²) in [4.78, 5) is 59.2. The molecule has 330 valence electrons. The lowest BCUT2D eigenvalue weighted by Gasteiger charge is -2.58. The van der Waals surface area contributed by atoms with E-state index in [9.17, 15) is 10.2 Å². The first-order valence-corrected chi connectivity index (χ1v) is 27.3. The number of anilines is 2. The number of piperazine rings is 2. The molecule has 8 atom stereocenters. The van der Waals surface area contributed by atoms with Crippen molar-refractivity contribution in [2.45, 2.75) is 65.3 Å². The fraction of sp³-hybridized carbons (Fsp3) is 0.333. The molecule has 16 nitrogen and oxygen atoms in total. The van der Waals surface area contributed by atoms with Crippen LogP contribution >= 0.6 is 43.2 Å². The van der Waals surface area contributed by atoms with E-state index in [0.717, 1.165) is 51.8 Å². The summed E-state index contributed by atoms with van der Waals surface area (Å²) in [6.45, 7) is -1.61. The van der Waals surface area contributed by atoms with Gasteiger partial charge in [-0.3, -0.25) is 29.0 Å². The van der Waals surface area contributed by atoms with Crippen molar-refractivity contribution in [3.8, 4) is 0 Å². The molecule has 2 N–H and O–H groups in total. The molecule has 2 spiro atoms. The number of benzene rings is 4. The van der Waals surface area contributed by atoms with E-state index in [0.29, 0.717) is 11.1 Å². The topological polar surface area (TPSA) is 196 Å². The third kappa shape index (κ3) is 4.16. The van der Waals surface area contributed by atoms with E-state index in [2.05, 4.69) is 0 Å². The van der Waals surface area contributed by atoms with Crippen molar-refractivity contribution in [1.82, 2.24) is 19.6 Å². The monoisotopic (exact) mass is 976 g/mol. The Bertz CT molecular complexity index is 2840. The molecule has 10 aliphatic heterocycles. The number of carbonyl (C=O) groups excluding carboxylic acids is 4. The standard InChI is InChI=1S/C42H36N6O10S6/c1-43-33(51)39-21-37(27-17-9-11-19-29(27)47(63(55,56)25-13-5-3-6-14-25)31(37)45(39)35(53)41(43,23-49)61-59-39)38-22-40-34(52)44(2)42(24-50,62-60-40)36(54)46(40)32(38)48(30-20-12-10-18-28(30)38)64(57,58)26-15-7-4-8-16-26/h3-20,31-32,49-50H,21-24H2,1-2H3/t31-,32-,37-,38-,39-,40-,41-,42-/m0/s1. The molecule has 22 heteroatoms. The van der Waals surface area contributed by atoms with Crippen LogP contribution in [0.2, 0.25) is 0 Å². The van der Waals surface area contributed by atoms with Crippen molar-refractivity contribution in [2.24, 2.45) is 0 Å². The third-order valence-corrected chi connectivity index (χ3v) is 25.6. The molecule has 0 saturated carbocycles. The van der Waals surface area contributed by atoms with Crippen molar-refractivity contribution in [1.29, 1.82) is 0 Å². The summed E-state index contributed by atoms with van der Waals surface area (Å²) in [6.07, 6.45) is -3.88. The Hall–Kier alpha value is -4.42. The van der Waals surface area contributed by atoms with Crippen LogP contribution in [0.15, 0.2) is 119 Å². The average molecular weight is 977 g/mol. The first-order chi connectivity index (χ1) is 30.5. The van der Waals surface area contributed by atoms with Gasteiger partial charge in [-0.05, 0) is 69.1 Å². The summed E-state index contributed by atoms with van der Waals surface area (Å²) in [5.41, 5.74) is -2.67. The molecular formula is C42H36N6O10S6. The highest BCUT2D eigenvalue weighted by Crippen LogP contribution is 2.80. The number of nitrogens with zero attached hydrogens (tertiary/aromatic N) is 6. The van der Waals surface area contributed by atoms with Gasteiger partial charge in [-0.15, -0.1) is 0 Å². The van der Waals surface area contributed by atoms with E-state index in [4.69, 9.17) is 0 Å². The van der Waals surface area contributed by atoms with Gasteiger partial charge in [0.25, 0.3) is 43.7 Å². The normalized spacial score (nSPS) is 35.5. The van der Waals surface area contributed by atoms with Crippen LogP contribution in [0.1, 0.15) is 24.0 Å². The number of rotatable bonds is 7. The summed E-state index contributed by atoms with van der Waals surface area (Å²) in [5.74, 6) is -2.61. The summed E-state index contributed by atoms with van der Waals surface area (Å²) in [6, 6.07) is 28.7. The number of sulfonamides is 2. The van der Waals surface area contributed by atoms with E-state index in [1.165, 1.54) is 58.0 Å². The van der Waals surface area contributed by atoms with Crippen molar-refractivity contribution in [3.05, 3.63) is 120 Å². The Morgan fingerprint density at radius 1 is 0.516 bits per heavy atom. The van der Waals surface area contributed by atoms with E-state index < -0.39 is 99.5 Å². The molecular weight excluding hydrogens is 941 g/mol. The van der Waals surface area contributed by atoms with Crippen molar-refractivity contribution in [2.75, 3.05) is 35.9 Å². The Morgan fingerprint density at radius 3 is 1.22 bits per heavy atom. The molecule has 8 saturated heterocycles. The van der Waals surface area contributed by atoms with Crippen LogP contribution in [0.5, 0.6) is 0 Å². The van der Waals surface area contributed by atoms with Crippen LogP contribution in [0.25, 0.3) is 0 Å². The maximum Gasteiger partial charge on any atom is 0.266 e. The van der Waals surface area contributed by atoms with Crippen LogP contribution in [-0.2, 0) is 50.1 Å². The van der Waals surface area contributed by atoms with E-state index in [1.54, 1.807) is 84.9 Å². The summed E-state index contributed by atoms with van der Waals surface area (Å²) in [5, 5.41) is 22.2. The third-order valence-electron chi connectivity index (χ3n) is 14.8. The number of hydrogen-bond donors (Lipinski definition) is 2. The lowest BCUT2D eigenvalue weighted by molar-refractivity contribution is -0.167. The molecule has 64 heavy (non-hydrogen) atoms. The second kappa shape index (κ2) is 12.7. The van der Waals surface area contributed by atoms with Gasteiger partial charge in [0.15, 0.2) is 9.74 Å². The van der Waals surface area contributed by atoms with Gasteiger partial charge in [0, 0.05) is 26.9 Å². The van der Waals surface area contributed by atoms with Crippen LogP contribution < -0.4 is 8.61 Å². The second-order valence-corrected chi connectivity index (χ2v) is 26.2. The molecule has 10 aliphatic rings. The van der Waals surface area contributed by atoms with E-state index in [1.807, 2.05) is 0 Å². The zero-order chi connectivity index (χ0) is 44.8. The van der Waals surface area contributed by atoms with Crippen LogP contribution in [0, 0.1) is 0 Å². The minimum absolute atomic E-state index is 0.127. The van der Waals surface area contributed by atoms with Crippen LogP contribution in [-0.4, -0.2) is 129 Å². The number of fused-ring (bicyclic) bond motifs is 11. The number of hydrogen-bond acceptors (Lipinski definition) is 14. The highest BCUT2D eigenvalue weighted by atomic mass is 33.1. The first kappa shape index (κ1) is 41.0. The van der Waals surface area contributed by atoms with Gasteiger partial charge in [-0.2, -0.15) is 0 Å². The molecule has 4 bridgehead atoms. The minimum Gasteiger partial charge on any atom is -0.392 e. The summed E-state index contributed by atoms with van der Waals surface area (Å²) < 4.78 is 65.1. The van der Waals surface area contributed by atoms with Crippen LogP contribution in [0.4, 0.5) is 11.4 Å². The van der Waals surface area contributed by atoms with Gasteiger partial charge >= 0.3 is 0 Å². The number of aliphatic hydroxyl groups excluding tert-OH is 2. The number of carbonyl (C=O) groups is 4. The molecule has 4 aromatic rings. The Kier molecular flexibility index (Phi) is 8.16. The molecule has 0 aliphatic carbocycles. The van der Waals surface area contributed by atoms with Crippen molar-refractivity contribution >= 4 is 98.2 Å². The van der Waals surface area contributed by atoms with E-state index in [-0.39, 0.29) is 34.0 Å². The van der Waals surface area contributed by atoms with Crippen molar-refractivity contribution < 1.29 is 46.2 Å². The zero-order valence-corrected chi connectivity index (χ0v) is 38.6. The minimum atomic E-state index is -4.70. The highest BCUT2D eigenvalue weighted by molar-refractivity contribution is 8.78. The number of aliphatic hydroxyl groups is 2. The van der Waals surface area contributed by atoms with Gasteiger partial charge in [0.05, 0.1) is 45.2 Å². The summed E-state index contributed by atoms with van der Waals surface area (Å²) in [7, 11) is -2.44. The van der Waals surface area contributed by atoms with E-state index >= 15 is 36.0 Å². The van der Waals surface area contributed by atoms with Gasteiger partial charge in [-0.25, -0.2) is 25.4 Å². The number of para-hydroxylation sites is 2. The van der Waals surface area contributed by atoms with Crippen LogP contribution in [0.3, 0.4) is 0 Å². The number of amides is 4. The molecule has 10 heterocycles. The molecule has 14 rings (SSSR count). The fourth-order valence-corrected chi connectivity index (χ4v) is 22.7. The maximum absolute atomic E-state index is 15.7. The second-order valence-electron chi connectivity index (χ2n) is 17.2. The van der Waals surface area contributed by atoms with Gasteiger partial charge < -0.3 is 20.0 Å². The predicted octanol–water partition coefficient (Wildman–Crippen LogP) is 2.90. The molecule has 0 aromatic heterocycles. The largest absolute Gasteiger partial charge is 0.392 e. The van der Waals surface area contributed by atoms with Crippen molar-refractivity contribution in [3.63, 3.8) is 0 Å². The SMILES string of the molecule is CN1C(=O)[C@@]23C[C@]4([C@]56C[C@@]78SS[C@@](CO)(C(=O)N7[C@H]5N(S(=O)(=O)c5ccccc5)c5ccccc56)N(C)C8=O)c5ccccc5N(S(=O)(=O)c5ccccc5)[C@@H]4N2C(=O)[C@]1(CO)SS3.